The molecule has 2 rings (SSSR count). The molecule has 1 fully saturated rings. The van der Waals surface area contributed by atoms with Crippen molar-refractivity contribution >= 4 is 5.69 Å². The maximum atomic E-state index is 5.83. The van der Waals surface area contributed by atoms with E-state index in [9.17, 15) is 0 Å². The van der Waals surface area contributed by atoms with Crippen LogP contribution in [0.5, 0.6) is 0 Å². The predicted octanol–water partition coefficient (Wildman–Crippen LogP) is 2.44. The quantitative estimate of drug-likeness (QED) is 0.801. The number of aryl methyl sites for hydroxylation is 1. The first kappa shape index (κ1) is 10.5. The van der Waals surface area contributed by atoms with Crippen molar-refractivity contribution in [1.29, 1.82) is 0 Å². The summed E-state index contributed by atoms with van der Waals surface area (Å²) in [4.78, 5) is 2.48. The molecule has 0 radical (unpaired) electrons. The minimum Gasteiger partial charge on any atom is -0.371 e. The van der Waals surface area contributed by atoms with Gasteiger partial charge in [0.2, 0.25) is 0 Å². The van der Waals surface area contributed by atoms with Crippen molar-refractivity contribution in [3.05, 3.63) is 29.3 Å². The van der Waals surface area contributed by atoms with E-state index in [0.29, 0.717) is 6.54 Å². The van der Waals surface area contributed by atoms with Gasteiger partial charge < -0.3 is 10.6 Å². The summed E-state index contributed by atoms with van der Waals surface area (Å²) in [7, 11) is 0. The molecule has 2 nitrogen and oxygen atoms in total. The fourth-order valence-electron chi connectivity index (χ4n) is 2.38. The molecule has 0 amide bonds. The first-order valence-corrected chi connectivity index (χ1v) is 5.86. The molecule has 82 valence electrons. The van der Waals surface area contributed by atoms with Crippen LogP contribution in [0.25, 0.3) is 0 Å². The molecule has 1 aromatic rings. The van der Waals surface area contributed by atoms with E-state index in [-0.39, 0.29) is 0 Å². The summed E-state index contributed by atoms with van der Waals surface area (Å²) in [6.07, 6.45) is 4.01. The topological polar surface area (TPSA) is 29.3 Å². The van der Waals surface area contributed by atoms with E-state index >= 15 is 0 Å². The van der Waals surface area contributed by atoms with E-state index in [0.717, 1.165) is 0 Å². The molecule has 0 bridgehead atoms. The molecule has 1 aliphatic heterocycles. The van der Waals surface area contributed by atoms with Crippen molar-refractivity contribution in [2.45, 2.75) is 32.7 Å². The van der Waals surface area contributed by atoms with E-state index in [1.165, 1.54) is 49.2 Å². The molecular weight excluding hydrogens is 184 g/mol. The number of rotatable bonds is 2. The van der Waals surface area contributed by atoms with E-state index in [2.05, 4.69) is 30.0 Å². The molecule has 0 unspecified atom stereocenters. The van der Waals surface area contributed by atoms with Crippen LogP contribution in [0.1, 0.15) is 30.4 Å². The molecule has 0 saturated carbocycles. The Balaban J connectivity index is 2.29. The van der Waals surface area contributed by atoms with Gasteiger partial charge in [0.15, 0.2) is 0 Å². The minimum absolute atomic E-state index is 0.651. The molecule has 0 aliphatic carbocycles. The van der Waals surface area contributed by atoms with Gasteiger partial charge in [-0.1, -0.05) is 12.1 Å². The number of nitrogens with two attached hydrogens (primary N) is 1. The lowest BCUT2D eigenvalue weighted by molar-refractivity contribution is 0.576. The Morgan fingerprint density at radius 3 is 2.60 bits per heavy atom. The third-order valence-corrected chi connectivity index (χ3v) is 3.29. The van der Waals surface area contributed by atoms with Gasteiger partial charge in [-0.2, -0.15) is 0 Å². The third kappa shape index (κ3) is 2.15. The number of nitrogens with zero attached hydrogens (tertiary/aromatic N) is 1. The summed E-state index contributed by atoms with van der Waals surface area (Å²) in [6.45, 7) is 5.18. The molecule has 2 heteroatoms. The molecule has 0 aromatic heterocycles. The Bertz CT molecular complexity index is 327. The van der Waals surface area contributed by atoms with Crippen molar-refractivity contribution in [3.63, 3.8) is 0 Å². The summed E-state index contributed by atoms with van der Waals surface area (Å²) < 4.78 is 0. The van der Waals surface area contributed by atoms with Crippen LogP contribution in [-0.2, 0) is 6.54 Å². The number of benzene rings is 1. The van der Waals surface area contributed by atoms with Crippen LogP contribution in [0.3, 0.4) is 0 Å². The largest absolute Gasteiger partial charge is 0.371 e. The van der Waals surface area contributed by atoms with Gasteiger partial charge in [0.25, 0.3) is 0 Å². The van der Waals surface area contributed by atoms with Gasteiger partial charge in [-0.15, -0.1) is 0 Å². The second-order valence-electron chi connectivity index (χ2n) is 4.32. The van der Waals surface area contributed by atoms with Crippen LogP contribution in [0, 0.1) is 6.92 Å². The average Bonchev–Trinajstić information content (AvgIpc) is 2.30. The highest BCUT2D eigenvalue weighted by atomic mass is 15.1. The van der Waals surface area contributed by atoms with Crippen LogP contribution < -0.4 is 10.6 Å². The van der Waals surface area contributed by atoms with Gasteiger partial charge in [-0.25, -0.2) is 0 Å². The average molecular weight is 204 g/mol. The number of hydrogen-bond acceptors (Lipinski definition) is 2. The summed E-state index contributed by atoms with van der Waals surface area (Å²) in [5.41, 5.74) is 9.83. The predicted molar refractivity (Wildman–Crippen MR) is 65.1 cm³/mol. The summed E-state index contributed by atoms with van der Waals surface area (Å²) in [5, 5.41) is 0. The van der Waals surface area contributed by atoms with Gasteiger partial charge in [-0.3, -0.25) is 0 Å². The van der Waals surface area contributed by atoms with Crippen LogP contribution in [-0.4, -0.2) is 13.1 Å². The number of piperidine rings is 1. The maximum absolute atomic E-state index is 5.83. The van der Waals surface area contributed by atoms with E-state index < -0.39 is 0 Å². The second-order valence-corrected chi connectivity index (χ2v) is 4.32. The zero-order chi connectivity index (χ0) is 10.7. The Morgan fingerprint density at radius 1 is 1.20 bits per heavy atom. The Kier molecular flexibility index (Phi) is 3.27. The van der Waals surface area contributed by atoms with Gasteiger partial charge >= 0.3 is 0 Å². The molecule has 0 atom stereocenters. The highest BCUT2D eigenvalue weighted by Crippen LogP contribution is 2.26. The molecule has 15 heavy (non-hydrogen) atoms. The van der Waals surface area contributed by atoms with E-state index in [1.807, 2.05) is 0 Å². The van der Waals surface area contributed by atoms with E-state index in [1.54, 1.807) is 0 Å². The van der Waals surface area contributed by atoms with Gasteiger partial charge in [0.1, 0.15) is 0 Å². The summed E-state index contributed by atoms with van der Waals surface area (Å²) in [5.74, 6) is 0. The van der Waals surface area contributed by atoms with Crippen LogP contribution in [0.2, 0.25) is 0 Å². The monoisotopic (exact) mass is 204 g/mol. The third-order valence-electron chi connectivity index (χ3n) is 3.29. The zero-order valence-corrected chi connectivity index (χ0v) is 9.50. The minimum atomic E-state index is 0.651. The van der Waals surface area contributed by atoms with Crippen LogP contribution >= 0.6 is 0 Å². The first-order valence-electron chi connectivity index (χ1n) is 5.86. The fraction of sp³-hybridized carbons (Fsp3) is 0.538. The lowest BCUT2D eigenvalue weighted by atomic mass is 10.0. The van der Waals surface area contributed by atoms with Crippen molar-refractivity contribution in [1.82, 2.24) is 0 Å². The first-order chi connectivity index (χ1) is 7.33. The lowest BCUT2D eigenvalue weighted by Gasteiger charge is -2.31. The standard InChI is InChI=1S/C13H20N2/c1-11-6-5-7-13(12(11)10-14)15-8-3-2-4-9-15/h5-7H,2-4,8-10,14H2,1H3. The van der Waals surface area contributed by atoms with Crippen molar-refractivity contribution < 1.29 is 0 Å². The summed E-state index contributed by atoms with van der Waals surface area (Å²) >= 11 is 0. The SMILES string of the molecule is Cc1cccc(N2CCCCC2)c1CN. The van der Waals surface area contributed by atoms with Crippen molar-refractivity contribution in [2.24, 2.45) is 5.73 Å². The highest BCUT2D eigenvalue weighted by Gasteiger charge is 2.14. The van der Waals surface area contributed by atoms with Gasteiger partial charge in [0, 0.05) is 25.3 Å². The molecule has 1 aliphatic rings. The normalized spacial score (nSPS) is 16.8. The Labute approximate surface area is 92.1 Å². The number of anilines is 1. The zero-order valence-electron chi connectivity index (χ0n) is 9.50. The lowest BCUT2D eigenvalue weighted by Crippen LogP contribution is -2.30. The van der Waals surface area contributed by atoms with Crippen molar-refractivity contribution in [3.8, 4) is 0 Å². The molecular formula is C13H20N2. The van der Waals surface area contributed by atoms with Gasteiger partial charge in [-0.05, 0) is 43.4 Å². The molecule has 1 saturated heterocycles. The maximum Gasteiger partial charge on any atom is 0.0414 e. The molecule has 2 N–H and O–H groups in total. The number of hydrogen-bond donors (Lipinski definition) is 1. The molecule has 1 aromatic carbocycles. The fourth-order valence-corrected chi connectivity index (χ4v) is 2.38. The highest BCUT2D eigenvalue weighted by molar-refractivity contribution is 5.56. The molecule has 1 heterocycles. The van der Waals surface area contributed by atoms with Gasteiger partial charge in [0.05, 0.1) is 0 Å². The second kappa shape index (κ2) is 4.67. The Morgan fingerprint density at radius 2 is 1.93 bits per heavy atom. The Hall–Kier alpha value is -1.02. The van der Waals surface area contributed by atoms with Crippen molar-refractivity contribution in [2.75, 3.05) is 18.0 Å². The molecule has 0 spiro atoms. The smallest absolute Gasteiger partial charge is 0.0414 e. The van der Waals surface area contributed by atoms with Crippen LogP contribution in [0.15, 0.2) is 18.2 Å². The van der Waals surface area contributed by atoms with E-state index in [4.69, 9.17) is 5.73 Å². The van der Waals surface area contributed by atoms with Crippen LogP contribution in [0.4, 0.5) is 5.69 Å². The summed E-state index contributed by atoms with van der Waals surface area (Å²) in [6, 6.07) is 6.49.